The molecule has 0 saturated heterocycles. The summed E-state index contributed by atoms with van der Waals surface area (Å²) in [7, 11) is 1.79. The van der Waals surface area contributed by atoms with Gasteiger partial charge in [0.2, 0.25) is 5.91 Å². The Bertz CT molecular complexity index is 1550. The van der Waals surface area contributed by atoms with Crippen LogP contribution in [0, 0.1) is 0 Å². The first-order valence-electron chi connectivity index (χ1n) is 12.1. The molecule has 2 heterocycles. The second-order valence-corrected chi connectivity index (χ2v) is 9.32. The van der Waals surface area contributed by atoms with Crippen molar-refractivity contribution in [1.29, 1.82) is 0 Å². The van der Waals surface area contributed by atoms with E-state index >= 15 is 0 Å². The molecule has 4 aromatic rings. The maximum absolute atomic E-state index is 14.6. The highest BCUT2D eigenvalue weighted by Gasteiger charge is 2.60. The van der Waals surface area contributed by atoms with E-state index in [1.165, 1.54) is 0 Å². The number of carbonyl (C=O) groups excluding carboxylic acids is 2. The summed E-state index contributed by atoms with van der Waals surface area (Å²) in [6.45, 7) is 1.90. The molecule has 1 aliphatic carbocycles. The molecule has 1 aliphatic heterocycles. The Morgan fingerprint density at radius 3 is 2.53 bits per heavy atom. The highest BCUT2D eigenvalue weighted by molar-refractivity contribution is 6.21. The topological polar surface area (TPSA) is 82.6 Å². The average molecular weight is 479 g/mol. The average Bonchev–Trinajstić information content (AvgIpc) is 3.33. The number of amides is 1. The van der Waals surface area contributed by atoms with Crippen molar-refractivity contribution in [2.75, 3.05) is 18.6 Å². The number of carbonyl (C=O) groups is 2. The summed E-state index contributed by atoms with van der Waals surface area (Å²) in [6, 6.07) is 25.3. The number of aliphatic hydroxyl groups excluding tert-OH is 1. The van der Waals surface area contributed by atoms with Gasteiger partial charge in [0.15, 0.2) is 0 Å². The van der Waals surface area contributed by atoms with Crippen molar-refractivity contribution in [2.24, 2.45) is 0 Å². The fourth-order valence-electron chi connectivity index (χ4n) is 6.15. The fourth-order valence-corrected chi connectivity index (χ4v) is 6.15. The number of anilines is 1. The third-order valence-corrected chi connectivity index (χ3v) is 7.57. The van der Waals surface area contributed by atoms with E-state index in [2.05, 4.69) is 4.98 Å². The molecule has 3 aromatic carbocycles. The SMILES string of the molecule is CCOC(=O)C1=C(O)C[C@@H](c2ccccc2)[C@@]2(C(=O)N(C)c3ccccc32)c2c1[nH]c1ccccc21. The number of esters is 1. The highest BCUT2D eigenvalue weighted by atomic mass is 16.5. The smallest absolute Gasteiger partial charge is 0.343 e. The van der Waals surface area contributed by atoms with Crippen molar-refractivity contribution < 1.29 is 19.4 Å². The lowest BCUT2D eigenvalue weighted by atomic mass is 9.63. The number of H-pyrrole nitrogens is 1. The Kier molecular flexibility index (Phi) is 5.00. The lowest BCUT2D eigenvalue weighted by Gasteiger charge is -2.36. The van der Waals surface area contributed by atoms with Crippen molar-refractivity contribution in [3.63, 3.8) is 0 Å². The van der Waals surface area contributed by atoms with E-state index in [0.717, 1.165) is 27.7 Å². The maximum atomic E-state index is 14.6. The first kappa shape index (κ1) is 22.2. The predicted molar refractivity (Wildman–Crippen MR) is 139 cm³/mol. The highest BCUT2D eigenvalue weighted by Crippen LogP contribution is 2.59. The van der Waals surface area contributed by atoms with Gasteiger partial charge in [-0.2, -0.15) is 0 Å². The number of allylic oxidation sites excluding steroid dienone is 1. The van der Waals surface area contributed by atoms with Crippen molar-refractivity contribution in [3.05, 3.63) is 107 Å². The van der Waals surface area contributed by atoms with Gasteiger partial charge < -0.3 is 19.7 Å². The molecule has 2 aliphatic rings. The number of ether oxygens (including phenoxy) is 1. The number of aliphatic hydroxyl groups is 1. The van der Waals surface area contributed by atoms with Crippen LogP contribution < -0.4 is 4.90 Å². The lowest BCUT2D eigenvalue weighted by Crippen LogP contribution is -2.44. The maximum Gasteiger partial charge on any atom is 0.343 e. The minimum absolute atomic E-state index is 0.0840. The van der Waals surface area contributed by atoms with Crippen LogP contribution in [-0.4, -0.2) is 35.6 Å². The van der Waals surface area contributed by atoms with Gasteiger partial charge in [0, 0.05) is 41.5 Å². The second-order valence-electron chi connectivity index (χ2n) is 9.32. The number of hydrogen-bond donors (Lipinski definition) is 2. The first-order chi connectivity index (χ1) is 17.5. The molecule has 6 heteroatoms. The molecule has 0 unspecified atom stereocenters. The van der Waals surface area contributed by atoms with Gasteiger partial charge in [0.05, 0.1) is 12.3 Å². The summed E-state index contributed by atoms with van der Waals surface area (Å²) in [5.41, 5.74) is 3.40. The molecular weight excluding hydrogens is 452 g/mol. The molecule has 0 fully saturated rings. The summed E-state index contributed by atoms with van der Waals surface area (Å²) in [5.74, 6) is -1.27. The van der Waals surface area contributed by atoms with E-state index in [0.29, 0.717) is 11.3 Å². The molecule has 2 atom stereocenters. The number of nitrogens with one attached hydrogen (secondary N) is 1. The largest absolute Gasteiger partial charge is 0.511 e. The Balaban J connectivity index is 1.81. The predicted octanol–water partition coefficient (Wildman–Crippen LogP) is 5.45. The Morgan fingerprint density at radius 2 is 1.75 bits per heavy atom. The zero-order chi connectivity index (χ0) is 25.0. The summed E-state index contributed by atoms with van der Waals surface area (Å²) < 4.78 is 5.40. The van der Waals surface area contributed by atoms with Gasteiger partial charge in [-0.3, -0.25) is 4.79 Å². The van der Waals surface area contributed by atoms with Crippen molar-refractivity contribution in [3.8, 4) is 0 Å². The molecule has 0 bridgehead atoms. The van der Waals surface area contributed by atoms with Gasteiger partial charge in [-0.25, -0.2) is 4.79 Å². The van der Waals surface area contributed by atoms with Crippen LogP contribution >= 0.6 is 0 Å². The van der Waals surface area contributed by atoms with Crippen LogP contribution in [0.25, 0.3) is 16.5 Å². The Hall–Kier alpha value is -4.32. The minimum Gasteiger partial charge on any atom is -0.511 e. The fraction of sp³-hybridized carbons (Fsp3) is 0.200. The summed E-state index contributed by atoms with van der Waals surface area (Å²) in [5, 5.41) is 12.4. The standard InChI is InChI=1S/C30H26N2O4/c1-3-36-28(34)25-24(33)17-21(18-11-5-4-6-12-18)30(20-14-8-10-16-23(20)32(2)29(30)35)26-19-13-7-9-15-22(19)31-27(25)26/h4-16,21,31,33H,3,17H2,1-2H3/t21-,30+/m0/s1. The number of nitrogens with zero attached hydrogens (tertiary/aromatic N) is 1. The van der Waals surface area contributed by atoms with Gasteiger partial charge in [0.25, 0.3) is 0 Å². The zero-order valence-corrected chi connectivity index (χ0v) is 20.1. The number of fused-ring (bicyclic) bond motifs is 6. The lowest BCUT2D eigenvalue weighted by molar-refractivity contribution is -0.136. The number of para-hydroxylation sites is 2. The van der Waals surface area contributed by atoms with Gasteiger partial charge >= 0.3 is 5.97 Å². The molecule has 1 spiro atoms. The first-order valence-corrected chi connectivity index (χ1v) is 12.1. The quantitative estimate of drug-likeness (QED) is 0.384. The summed E-state index contributed by atoms with van der Waals surface area (Å²) in [4.78, 5) is 32.9. The normalized spacial score (nSPS) is 21.0. The van der Waals surface area contributed by atoms with Gasteiger partial charge in [-0.15, -0.1) is 0 Å². The van der Waals surface area contributed by atoms with Crippen LogP contribution in [0.2, 0.25) is 0 Å². The number of aromatic amines is 1. The Labute approximate surface area is 208 Å². The number of aromatic nitrogens is 1. The molecule has 2 N–H and O–H groups in total. The van der Waals surface area contributed by atoms with Crippen LogP contribution in [0.5, 0.6) is 0 Å². The van der Waals surface area contributed by atoms with Crippen molar-refractivity contribution in [1.82, 2.24) is 4.98 Å². The van der Waals surface area contributed by atoms with Gasteiger partial charge in [-0.1, -0.05) is 66.7 Å². The summed E-state index contributed by atoms with van der Waals surface area (Å²) >= 11 is 0. The van der Waals surface area contributed by atoms with E-state index in [9.17, 15) is 14.7 Å². The molecule has 1 aromatic heterocycles. The molecule has 6 rings (SSSR count). The number of rotatable bonds is 3. The van der Waals surface area contributed by atoms with Crippen LogP contribution in [0.1, 0.15) is 41.6 Å². The minimum atomic E-state index is -1.18. The molecule has 180 valence electrons. The molecular formula is C30H26N2O4. The molecule has 36 heavy (non-hydrogen) atoms. The third-order valence-electron chi connectivity index (χ3n) is 7.57. The van der Waals surface area contributed by atoms with Crippen LogP contribution in [-0.2, 0) is 19.7 Å². The van der Waals surface area contributed by atoms with E-state index in [-0.39, 0.29) is 30.3 Å². The number of likely N-dealkylation sites (N-methyl/N-ethyl adjacent to an activating group) is 1. The van der Waals surface area contributed by atoms with Crippen molar-refractivity contribution >= 4 is 34.0 Å². The van der Waals surface area contributed by atoms with Gasteiger partial charge in [-0.05, 0) is 30.2 Å². The number of hydrogen-bond acceptors (Lipinski definition) is 4. The van der Waals surface area contributed by atoms with E-state index in [1.54, 1.807) is 18.9 Å². The molecule has 1 amide bonds. The van der Waals surface area contributed by atoms with Gasteiger partial charge in [0.1, 0.15) is 16.7 Å². The van der Waals surface area contributed by atoms with Crippen LogP contribution in [0.3, 0.4) is 0 Å². The van der Waals surface area contributed by atoms with E-state index < -0.39 is 17.3 Å². The number of benzene rings is 3. The zero-order valence-electron chi connectivity index (χ0n) is 20.1. The van der Waals surface area contributed by atoms with E-state index in [1.807, 2.05) is 78.9 Å². The van der Waals surface area contributed by atoms with E-state index in [4.69, 9.17) is 4.74 Å². The summed E-state index contributed by atoms with van der Waals surface area (Å²) in [6.07, 6.45) is 0.100. The molecule has 0 radical (unpaired) electrons. The molecule has 6 nitrogen and oxygen atoms in total. The van der Waals surface area contributed by atoms with Crippen LogP contribution in [0.15, 0.2) is 84.6 Å². The molecule has 0 saturated carbocycles. The monoisotopic (exact) mass is 478 g/mol. The Morgan fingerprint density at radius 1 is 1.06 bits per heavy atom. The third kappa shape index (κ3) is 2.84. The second kappa shape index (κ2) is 8.12. The van der Waals surface area contributed by atoms with Crippen LogP contribution in [0.4, 0.5) is 5.69 Å². The van der Waals surface area contributed by atoms with Crippen molar-refractivity contribution in [2.45, 2.75) is 24.7 Å².